The van der Waals surface area contributed by atoms with Gasteiger partial charge in [0.1, 0.15) is 0 Å². The number of esters is 1. The van der Waals surface area contributed by atoms with Crippen LogP contribution in [0.15, 0.2) is 35.0 Å². The molecule has 0 fully saturated rings. The Hall–Kier alpha value is -2.60. The highest BCUT2D eigenvalue weighted by molar-refractivity contribution is 7.07. The molecule has 0 aliphatic heterocycles. The highest BCUT2D eigenvalue weighted by Crippen LogP contribution is 2.29. The van der Waals surface area contributed by atoms with E-state index in [-0.39, 0.29) is 12.5 Å². The molecule has 140 valence electrons. The van der Waals surface area contributed by atoms with Crippen LogP contribution in [0.1, 0.15) is 40.0 Å². The van der Waals surface area contributed by atoms with E-state index in [4.69, 9.17) is 4.74 Å². The van der Waals surface area contributed by atoms with Gasteiger partial charge in [0, 0.05) is 30.2 Å². The Morgan fingerprint density at radius 3 is 2.89 bits per heavy atom. The van der Waals surface area contributed by atoms with Crippen molar-refractivity contribution >= 4 is 34.1 Å². The minimum Gasteiger partial charge on any atom is -0.452 e. The molecule has 2 heterocycles. The fourth-order valence-corrected chi connectivity index (χ4v) is 4.26. The molecule has 27 heavy (non-hydrogen) atoms. The summed E-state index contributed by atoms with van der Waals surface area (Å²) in [7, 11) is 1.71. The summed E-state index contributed by atoms with van der Waals surface area (Å²) >= 11 is 1.59. The van der Waals surface area contributed by atoms with Crippen molar-refractivity contribution in [2.24, 2.45) is 0 Å². The van der Waals surface area contributed by atoms with E-state index in [0.29, 0.717) is 12.1 Å². The Bertz CT molecular complexity index is 975. The maximum absolute atomic E-state index is 12.4. The number of carbonyl (C=O) groups is 2. The normalized spacial score (nSPS) is 13.4. The monoisotopic (exact) mass is 382 g/mol. The maximum atomic E-state index is 12.4. The van der Waals surface area contributed by atoms with Crippen LogP contribution >= 0.6 is 11.3 Å². The Labute approximate surface area is 161 Å². The van der Waals surface area contributed by atoms with Gasteiger partial charge in [-0.2, -0.15) is 11.3 Å². The molecule has 0 unspecified atom stereocenters. The first-order valence-corrected chi connectivity index (χ1v) is 10.1. The number of rotatable bonds is 5. The molecule has 0 saturated carbocycles. The van der Waals surface area contributed by atoms with Gasteiger partial charge >= 0.3 is 5.97 Å². The predicted octanol–water partition coefficient (Wildman–Crippen LogP) is 3.92. The summed E-state index contributed by atoms with van der Waals surface area (Å²) in [6.07, 6.45) is 4.49. The third kappa shape index (κ3) is 3.76. The van der Waals surface area contributed by atoms with Crippen LogP contribution in [0.5, 0.6) is 0 Å². The molecule has 4 rings (SSSR count). The molecule has 0 radical (unpaired) electrons. The van der Waals surface area contributed by atoms with Crippen LogP contribution in [-0.2, 0) is 28.9 Å². The molecule has 1 N–H and O–H groups in total. The third-order valence-electron chi connectivity index (χ3n) is 5.09. The van der Waals surface area contributed by atoms with Gasteiger partial charge in [-0.05, 0) is 71.8 Å². The molecular formula is C21H22N2O3S. The summed E-state index contributed by atoms with van der Waals surface area (Å²) in [5, 5.41) is 5.08. The van der Waals surface area contributed by atoms with Crippen molar-refractivity contribution in [3.8, 4) is 0 Å². The summed E-state index contributed by atoms with van der Waals surface area (Å²) in [6, 6.07) is 7.55. The van der Waals surface area contributed by atoms with Gasteiger partial charge in [-0.1, -0.05) is 0 Å². The van der Waals surface area contributed by atoms with Crippen molar-refractivity contribution in [3.63, 3.8) is 0 Å². The van der Waals surface area contributed by atoms with Crippen LogP contribution < -0.4 is 0 Å². The Morgan fingerprint density at radius 2 is 2.07 bits per heavy atom. The van der Waals surface area contributed by atoms with Crippen molar-refractivity contribution in [1.29, 1.82) is 0 Å². The van der Waals surface area contributed by atoms with E-state index in [1.54, 1.807) is 29.4 Å². The van der Waals surface area contributed by atoms with Gasteiger partial charge in [0.15, 0.2) is 6.61 Å². The quantitative estimate of drug-likeness (QED) is 0.680. The van der Waals surface area contributed by atoms with Gasteiger partial charge in [0.2, 0.25) is 0 Å². The lowest BCUT2D eigenvalue weighted by Gasteiger charge is -2.16. The lowest BCUT2D eigenvalue weighted by atomic mass is 9.95. The van der Waals surface area contributed by atoms with Gasteiger partial charge in [-0.3, -0.25) is 4.79 Å². The number of aromatic nitrogens is 1. The number of amides is 1. The molecule has 1 aliphatic carbocycles. The minimum absolute atomic E-state index is 0.213. The fourth-order valence-electron chi connectivity index (χ4n) is 3.60. The molecule has 1 amide bonds. The van der Waals surface area contributed by atoms with Crippen LogP contribution in [-0.4, -0.2) is 35.4 Å². The number of H-pyrrole nitrogens is 1. The van der Waals surface area contributed by atoms with E-state index in [1.165, 1.54) is 24.1 Å². The number of carbonyl (C=O) groups excluding carboxylic acids is 2. The van der Waals surface area contributed by atoms with Gasteiger partial charge in [0.25, 0.3) is 5.91 Å². The molecule has 6 heteroatoms. The number of nitrogens with one attached hydrogen (secondary N) is 1. The van der Waals surface area contributed by atoms with Crippen LogP contribution in [0.2, 0.25) is 0 Å². The molecule has 0 saturated heterocycles. The number of nitrogens with zero attached hydrogens (tertiary/aromatic N) is 1. The second-order valence-electron chi connectivity index (χ2n) is 7.01. The highest BCUT2D eigenvalue weighted by Gasteiger charge is 2.18. The number of aryl methyl sites for hydroxylation is 2. The van der Waals surface area contributed by atoms with Crippen LogP contribution in [0, 0.1) is 0 Å². The Morgan fingerprint density at radius 1 is 1.22 bits per heavy atom. The van der Waals surface area contributed by atoms with E-state index in [1.807, 2.05) is 29.0 Å². The standard InChI is InChI=1S/C21H22N2O3S/c1-23(11-14-8-9-27-13-14)20(24)12-26-21(25)15-6-7-19-17(10-15)16-4-2-3-5-18(16)22-19/h6-10,13,22H,2-5,11-12H2,1H3. The Kier molecular flexibility index (Phi) is 4.99. The topological polar surface area (TPSA) is 62.4 Å². The van der Waals surface area contributed by atoms with E-state index in [2.05, 4.69) is 4.98 Å². The number of fused-ring (bicyclic) bond motifs is 3. The molecule has 1 aliphatic rings. The summed E-state index contributed by atoms with van der Waals surface area (Å²) in [5.41, 5.74) is 5.22. The zero-order valence-corrected chi connectivity index (χ0v) is 16.1. The van der Waals surface area contributed by atoms with Gasteiger partial charge in [-0.25, -0.2) is 4.79 Å². The number of thiophene rings is 1. The van der Waals surface area contributed by atoms with Crippen molar-refractivity contribution in [2.45, 2.75) is 32.2 Å². The van der Waals surface area contributed by atoms with Gasteiger partial charge in [-0.15, -0.1) is 0 Å². The number of aromatic amines is 1. The minimum atomic E-state index is -0.458. The second kappa shape index (κ2) is 7.56. The lowest BCUT2D eigenvalue weighted by Crippen LogP contribution is -2.30. The van der Waals surface area contributed by atoms with Crippen molar-refractivity contribution in [2.75, 3.05) is 13.7 Å². The Balaban J connectivity index is 1.41. The fraction of sp³-hybridized carbons (Fsp3) is 0.333. The van der Waals surface area contributed by atoms with Crippen molar-refractivity contribution in [3.05, 3.63) is 57.4 Å². The zero-order chi connectivity index (χ0) is 18.8. The number of ether oxygens (including phenoxy) is 1. The average molecular weight is 382 g/mol. The molecule has 3 aromatic rings. The zero-order valence-electron chi connectivity index (χ0n) is 15.3. The SMILES string of the molecule is CN(Cc1ccsc1)C(=O)COC(=O)c1ccc2[nH]c3c(c2c1)CCCC3. The molecule has 1 aromatic carbocycles. The summed E-state index contributed by atoms with van der Waals surface area (Å²) in [6.45, 7) is 0.268. The first kappa shape index (κ1) is 17.8. The van der Waals surface area contributed by atoms with Crippen LogP contribution in [0.4, 0.5) is 0 Å². The number of hydrogen-bond donors (Lipinski definition) is 1. The first-order chi connectivity index (χ1) is 13.1. The molecule has 0 bridgehead atoms. The van der Waals surface area contributed by atoms with E-state index < -0.39 is 5.97 Å². The third-order valence-corrected chi connectivity index (χ3v) is 5.82. The summed E-state index contributed by atoms with van der Waals surface area (Å²) in [4.78, 5) is 29.7. The highest BCUT2D eigenvalue weighted by atomic mass is 32.1. The molecule has 5 nitrogen and oxygen atoms in total. The predicted molar refractivity (Wildman–Crippen MR) is 106 cm³/mol. The van der Waals surface area contributed by atoms with E-state index in [9.17, 15) is 9.59 Å². The largest absolute Gasteiger partial charge is 0.452 e. The average Bonchev–Trinajstić information content (AvgIpc) is 3.32. The smallest absolute Gasteiger partial charge is 0.338 e. The van der Waals surface area contributed by atoms with Crippen LogP contribution in [0.3, 0.4) is 0 Å². The van der Waals surface area contributed by atoms with Crippen molar-refractivity contribution in [1.82, 2.24) is 9.88 Å². The molecule has 0 atom stereocenters. The van der Waals surface area contributed by atoms with Gasteiger partial charge < -0.3 is 14.6 Å². The van der Waals surface area contributed by atoms with E-state index >= 15 is 0 Å². The van der Waals surface area contributed by atoms with E-state index in [0.717, 1.165) is 29.3 Å². The molecule has 0 spiro atoms. The lowest BCUT2D eigenvalue weighted by molar-refractivity contribution is -0.133. The molecule has 2 aromatic heterocycles. The van der Waals surface area contributed by atoms with Crippen molar-refractivity contribution < 1.29 is 14.3 Å². The summed E-state index contributed by atoms with van der Waals surface area (Å²) in [5.74, 6) is -0.672. The maximum Gasteiger partial charge on any atom is 0.338 e. The second-order valence-corrected chi connectivity index (χ2v) is 7.79. The number of hydrogen-bond acceptors (Lipinski definition) is 4. The first-order valence-electron chi connectivity index (χ1n) is 9.17. The number of benzene rings is 1. The van der Waals surface area contributed by atoms with Gasteiger partial charge in [0.05, 0.1) is 5.56 Å². The number of likely N-dealkylation sites (N-methyl/N-ethyl adjacent to an activating group) is 1. The summed E-state index contributed by atoms with van der Waals surface area (Å²) < 4.78 is 5.26. The van der Waals surface area contributed by atoms with Crippen LogP contribution in [0.25, 0.3) is 10.9 Å². The molecular weight excluding hydrogens is 360 g/mol.